The number of anilines is 1. The number of ether oxygens (including phenoxy) is 1. The summed E-state index contributed by atoms with van der Waals surface area (Å²) in [5.41, 5.74) is 3.50. The molecule has 0 unspecified atom stereocenters. The summed E-state index contributed by atoms with van der Waals surface area (Å²) in [6.45, 7) is 5.98. The van der Waals surface area contributed by atoms with Gasteiger partial charge in [-0.1, -0.05) is 35.4 Å². The van der Waals surface area contributed by atoms with Crippen LogP contribution >= 0.6 is 11.6 Å². The van der Waals surface area contributed by atoms with Crippen molar-refractivity contribution in [1.82, 2.24) is 5.32 Å². The first-order chi connectivity index (χ1) is 15.7. The molecule has 0 radical (unpaired) electrons. The Kier molecular flexibility index (Phi) is 8.00. The van der Waals surface area contributed by atoms with Crippen LogP contribution in [0.15, 0.2) is 71.6 Å². The second kappa shape index (κ2) is 10.7. The lowest BCUT2D eigenvalue weighted by Crippen LogP contribution is -2.42. The number of aryl methyl sites for hydroxylation is 3. The van der Waals surface area contributed by atoms with E-state index in [0.717, 1.165) is 21.0 Å². The maximum atomic E-state index is 13.4. The number of hydrogen-bond donors (Lipinski definition) is 1. The van der Waals surface area contributed by atoms with Gasteiger partial charge in [0.15, 0.2) is 0 Å². The monoisotopic (exact) mass is 486 g/mol. The minimum atomic E-state index is -3.99. The standard InChI is InChI=1S/C25H27ClN2O4S/c1-18-4-10-23(11-5-18)32-15-14-27-25(29)17-28(22-9-6-19(2)20(3)16-22)33(30,31)24-12-7-21(26)8-13-24/h4-13,16H,14-15,17H2,1-3H3,(H,27,29). The van der Waals surface area contributed by atoms with Crippen molar-refractivity contribution in [2.45, 2.75) is 25.7 Å². The van der Waals surface area contributed by atoms with Crippen LogP contribution in [0.2, 0.25) is 5.02 Å². The average molecular weight is 487 g/mol. The average Bonchev–Trinajstić information content (AvgIpc) is 2.78. The SMILES string of the molecule is Cc1ccc(OCCNC(=O)CN(c2ccc(C)c(C)c2)S(=O)(=O)c2ccc(Cl)cc2)cc1. The molecule has 0 aromatic heterocycles. The van der Waals surface area contributed by atoms with E-state index < -0.39 is 15.9 Å². The summed E-state index contributed by atoms with van der Waals surface area (Å²) in [6.07, 6.45) is 0. The maximum Gasteiger partial charge on any atom is 0.264 e. The highest BCUT2D eigenvalue weighted by Crippen LogP contribution is 2.26. The van der Waals surface area contributed by atoms with E-state index in [1.165, 1.54) is 24.3 Å². The highest BCUT2D eigenvalue weighted by Gasteiger charge is 2.27. The van der Waals surface area contributed by atoms with Crippen LogP contribution in [-0.2, 0) is 14.8 Å². The van der Waals surface area contributed by atoms with Gasteiger partial charge in [0.05, 0.1) is 17.1 Å². The molecule has 0 heterocycles. The van der Waals surface area contributed by atoms with Gasteiger partial charge in [-0.15, -0.1) is 0 Å². The van der Waals surface area contributed by atoms with Crippen LogP contribution in [0.1, 0.15) is 16.7 Å². The van der Waals surface area contributed by atoms with Gasteiger partial charge < -0.3 is 10.1 Å². The van der Waals surface area contributed by atoms with Gasteiger partial charge in [0.2, 0.25) is 5.91 Å². The van der Waals surface area contributed by atoms with Gasteiger partial charge in [-0.2, -0.15) is 0 Å². The van der Waals surface area contributed by atoms with Crippen LogP contribution in [0.3, 0.4) is 0 Å². The van der Waals surface area contributed by atoms with Crippen molar-refractivity contribution in [2.75, 3.05) is 24.0 Å². The molecule has 0 spiro atoms. The first-order valence-electron chi connectivity index (χ1n) is 10.5. The Morgan fingerprint density at radius 3 is 2.24 bits per heavy atom. The summed E-state index contributed by atoms with van der Waals surface area (Å²) >= 11 is 5.92. The number of nitrogens with zero attached hydrogens (tertiary/aromatic N) is 1. The number of sulfonamides is 1. The molecule has 3 aromatic carbocycles. The zero-order valence-electron chi connectivity index (χ0n) is 18.8. The largest absolute Gasteiger partial charge is 0.492 e. The van der Waals surface area contributed by atoms with Gasteiger partial charge in [-0.3, -0.25) is 9.10 Å². The van der Waals surface area contributed by atoms with E-state index in [4.69, 9.17) is 16.3 Å². The van der Waals surface area contributed by atoms with Crippen molar-refractivity contribution in [1.29, 1.82) is 0 Å². The normalized spacial score (nSPS) is 11.2. The Balaban J connectivity index is 1.73. The molecule has 1 amide bonds. The second-order valence-corrected chi connectivity index (χ2v) is 10.0. The van der Waals surface area contributed by atoms with Crippen LogP contribution in [-0.4, -0.2) is 34.0 Å². The Labute approximate surface area is 200 Å². The minimum Gasteiger partial charge on any atom is -0.492 e. The summed E-state index contributed by atoms with van der Waals surface area (Å²) in [5.74, 6) is 0.273. The molecule has 0 fully saturated rings. The van der Waals surface area contributed by atoms with Gasteiger partial charge in [0.25, 0.3) is 10.0 Å². The summed E-state index contributed by atoms with van der Waals surface area (Å²) in [7, 11) is -3.99. The summed E-state index contributed by atoms with van der Waals surface area (Å²) < 4.78 is 33.5. The van der Waals surface area contributed by atoms with E-state index in [1.54, 1.807) is 12.1 Å². The first-order valence-corrected chi connectivity index (χ1v) is 12.3. The molecule has 0 aliphatic heterocycles. The van der Waals surface area contributed by atoms with Crippen LogP contribution in [0.5, 0.6) is 5.75 Å². The number of benzene rings is 3. The Bertz CT molecular complexity index is 1210. The molecule has 3 aromatic rings. The van der Waals surface area contributed by atoms with Crippen molar-refractivity contribution in [3.63, 3.8) is 0 Å². The van der Waals surface area contributed by atoms with Crippen molar-refractivity contribution in [3.05, 3.63) is 88.4 Å². The Morgan fingerprint density at radius 1 is 0.939 bits per heavy atom. The van der Waals surface area contributed by atoms with E-state index in [2.05, 4.69) is 5.32 Å². The molecule has 0 saturated heterocycles. The van der Waals surface area contributed by atoms with E-state index in [1.807, 2.05) is 51.1 Å². The number of hydrogen-bond acceptors (Lipinski definition) is 4. The van der Waals surface area contributed by atoms with E-state index in [0.29, 0.717) is 16.5 Å². The first kappa shape index (κ1) is 24.6. The van der Waals surface area contributed by atoms with Gasteiger partial charge in [-0.05, 0) is 80.4 Å². The molecule has 3 rings (SSSR count). The minimum absolute atomic E-state index is 0.0561. The zero-order chi connectivity index (χ0) is 24.0. The molecule has 174 valence electrons. The van der Waals surface area contributed by atoms with Crippen LogP contribution < -0.4 is 14.4 Å². The summed E-state index contributed by atoms with van der Waals surface area (Å²) in [4.78, 5) is 12.7. The van der Waals surface area contributed by atoms with E-state index >= 15 is 0 Å². The van der Waals surface area contributed by atoms with Gasteiger partial charge >= 0.3 is 0 Å². The molecule has 0 saturated carbocycles. The molecular weight excluding hydrogens is 460 g/mol. The number of amides is 1. The lowest BCUT2D eigenvalue weighted by molar-refractivity contribution is -0.119. The quantitative estimate of drug-likeness (QED) is 0.446. The Morgan fingerprint density at radius 2 is 1.61 bits per heavy atom. The number of carbonyl (C=O) groups is 1. The van der Waals surface area contributed by atoms with Crippen LogP contribution in [0.4, 0.5) is 5.69 Å². The Hall–Kier alpha value is -3.03. The van der Waals surface area contributed by atoms with Gasteiger partial charge in [0.1, 0.15) is 18.9 Å². The lowest BCUT2D eigenvalue weighted by atomic mass is 10.1. The second-order valence-electron chi connectivity index (χ2n) is 7.75. The zero-order valence-corrected chi connectivity index (χ0v) is 20.4. The third kappa shape index (κ3) is 6.49. The molecule has 1 N–H and O–H groups in total. The fraction of sp³-hybridized carbons (Fsp3) is 0.240. The molecule has 0 atom stereocenters. The predicted octanol–water partition coefficient (Wildman–Crippen LogP) is 4.66. The number of halogens is 1. The van der Waals surface area contributed by atoms with Crippen LogP contribution in [0, 0.1) is 20.8 Å². The molecule has 0 aliphatic rings. The molecule has 33 heavy (non-hydrogen) atoms. The van der Waals surface area contributed by atoms with E-state index in [-0.39, 0.29) is 24.6 Å². The molecule has 0 aliphatic carbocycles. The number of nitrogens with one attached hydrogen (secondary N) is 1. The van der Waals surface area contributed by atoms with Gasteiger partial charge in [0, 0.05) is 5.02 Å². The topological polar surface area (TPSA) is 75.7 Å². The molecular formula is C25H27ClN2O4S. The fourth-order valence-corrected chi connectivity index (χ4v) is 4.65. The van der Waals surface area contributed by atoms with Crippen molar-refractivity contribution in [3.8, 4) is 5.75 Å². The van der Waals surface area contributed by atoms with E-state index in [9.17, 15) is 13.2 Å². The predicted molar refractivity (Wildman–Crippen MR) is 132 cm³/mol. The van der Waals surface area contributed by atoms with Crippen molar-refractivity contribution >= 4 is 33.2 Å². The lowest BCUT2D eigenvalue weighted by Gasteiger charge is -2.25. The molecule has 8 heteroatoms. The third-order valence-corrected chi connectivity index (χ3v) is 7.22. The summed E-state index contributed by atoms with van der Waals surface area (Å²) in [5, 5.41) is 3.16. The van der Waals surface area contributed by atoms with Crippen LogP contribution in [0.25, 0.3) is 0 Å². The molecule has 0 bridgehead atoms. The van der Waals surface area contributed by atoms with Gasteiger partial charge in [-0.25, -0.2) is 8.42 Å². The summed E-state index contributed by atoms with van der Waals surface area (Å²) in [6, 6.07) is 18.8. The highest BCUT2D eigenvalue weighted by atomic mass is 35.5. The van der Waals surface area contributed by atoms with Crippen molar-refractivity contribution in [2.24, 2.45) is 0 Å². The smallest absolute Gasteiger partial charge is 0.264 e. The number of carbonyl (C=O) groups excluding carboxylic acids is 1. The molecule has 6 nitrogen and oxygen atoms in total. The highest BCUT2D eigenvalue weighted by molar-refractivity contribution is 7.92. The van der Waals surface area contributed by atoms with Crippen molar-refractivity contribution < 1.29 is 17.9 Å². The fourth-order valence-electron chi connectivity index (χ4n) is 3.11. The maximum absolute atomic E-state index is 13.4. The number of rotatable bonds is 9. The third-order valence-electron chi connectivity index (χ3n) is 5.18.